The van der Waals surface area contributed by atoms with Gasteiger partial charge >= 0.3 is 5.97 Å². The highest BCUT2D eigenvalue weighted by molar-refractivity contribution is 6.31. The number of amides is 1. The summed E-state index contributed by atoms with van der Waals surface area (Å²) in [5.41, 5.74) is 0.459. The van der Waals surface area contributed by atoms with Crippen molar-refractivity contribution < 1.29 is 14.7 Å². The van der Waals surface area contributed by atoms with Crippen molar-refractivity contribution in [3.05, 3.63) is 28.8 Å². The number of piperidine rings is 1. The summed E-state index contributed by atoms with van der Waals surface area (Å²) >= 11 is 5.89. The smallest absolute Gasteiger partial charge is 0.337 e. The van der Waals surface area contributed by atoms with Crippen molar-refractivity contribution in [2.75, 3.05) is 18.4 Å². The number of carbonyl (C=O) groups is 2. The topological polar surface area (TPSA) is 78.4 Å². The molecule has 5 nitrogen and oxygen atoms in total. The molecule has 3 N–H and O–H groups in total. The van der Waals surface area contributed by atoms with E-state index in [4.69, 9.17) is 16.7 Å². The Labute approximate surface area is 127 Å². The number of carboxylic acid groups (broad SMARTS) is 1. The third kappa shape index (κ3) is 2.76. The van der Waals surface area contributed by atoms with E-state index in [1.54, 1.807) is 0 Å². The molecule has 1 aromatic rings. The SMILES string of the molecule is O=C(O)c1ccc(Cl)cc1NC(=O)C1CC12CCNCC2. The molecule has 112 valence electrons. The van der Waals surface area contributed by atoms with Crippen LogP contribution < -0.4 is 10.6 Å². The lowest BCUT2D eigenvalue weighted by Crippen LogP contribution is -2.31. The van der Waals surface area contributed by atoms with Crippen molar-refractivity contribution in [2.45, 2.75) is 19.3 Å². The molecular formula is C15H17ClN2O3. The first-order valence-corrected chi connectivity index (χ1v) is 7.44. The molecule has 1 aromatic carbocycles. The molecule has 1 saturated heterocycles. The largest absolute Gasteiger partial charge is 0.478 e. The summed E-state index contributed by atoms with van der Waals surface area (Å²) in [6.07, 6.45) is 2.91. The van der Waals surface area contributed by atoms with E-state index in [0.29, 0.717) is 5.02 Å². The lowest BCUT2D eigenvalue weighted by molar-refractivity contribution is -0.118. The number of benzene rings is 1. The second-order valence-corrected chi connectivity index (χ2v) is 6.29. The zero-order valence-electron chi connectivity index (χ0n) is 11.5. The van der Waals surface area contributed by atoms with Crippen molar-refractivity contribution in [3.8, 4) is 0 Å². The predicted octanol–water partition coefficient (Wildman–Crippen LogP) is 2.37. The summed E-state index contributed by atoms with van der Waals surface area (Å²) < 4.78 is 0. The average Bonchev–Trinajstić information content (AvgIpc) is 3.13. The maximum atomic E-state index is 12.4. The maximum absolute atomic E-state index is 12.4. The van der Waals surface area contributed by atoms with Gasteiger partial charge in [-0.25, -0.2) is 4.79 Å². The number of aromatic carboxylic acids is 1. The van der Waals surface area contributed by atoms with Crippen LogP contribution in [0.5, 0.6) is 0 Å². The van der Waals surface area contributed by atoms with Gasteiger partial charge in [-0.3, -0.25) is 4.79 Å². The number of nitrogens with one attached hydrogen (secondary N) is 2. The highest BCUT2D eigenvalue weighted by atomic mass is 35.5. The third-order valence-electron chi connectivity index (χ3n) is 4.58. The molecule has 0 bridgehead atoms. The van der Waals surface area contributed by atoms with Gasteiger partial charge in [-0.1, -0.05) is 11.6 Å². The van der Waals surface area contributed by atoms with Gasteiger partial charge in [0.1, 0.15) is 0 Å². The monoisotopic (exact) mass is 308 g/mol. The lowest BCUT2D eigenvalue weighted by atomic mass is 9.91. The first-order chi connectivity index (χ1) is 10.0. The minimum atomic E-state index is -1.07. The van der Waals surface area contributed by atoms with Gasteiger partial charge in [-0.15, -0.1) is 0 Å². The molecule has 1 atom stereocenters. The molecule has 1 saturated carbocycles. The standard InChI is InChI=1S/C15H17ClN2O3/c16-9-1-2-10(14(20)21)12(7-9)18-13(19)11-8-15(11)3-5-17-6-4-15/h1-2,7,11,17H,3-6,8H2,(H,18,19)(H,20,21). The Morgan fingerprint density at radius 3 is 2.71 bits per heavy atom. The van der Waals surface area contributed by atoms with Crippen LogP contribution in [0.15, 0.2) is 18.2 Å². The fourth-order valence-corrected chi connectivity index (χ4v) is 3.39. The number of hydrogen-bond donors (Lipinski definition) is 3. The van der Waals surface area contributed by atoms with E-state index in [2.05, 4.69) is 10.6 Å². The van der Waals surface area contributed by atoms with Gasteiger partial charge in [-0.2, -0.15) is 0 Å². The molecule has 2 fully saturated rings. The van der Waals surface area contributed by atoms with Crippen molar-refractivity contribution in [2.24, 2.45) is 11.3 Å². The van der Waals surface area contributed by atoms with Crippen LogP contribution in [0.2, 0.25) is 5.02 Å². The summed E-state index contributed by atoms with van der Waals surface area (Å²) in [7, 11) is 0. The van der Waals surface area contributed by atoms with Gasteiger partial charge in [-0.05, 0) is 56.0 Å². The second kappa shape index (κ2) is 5.31. The van der Waals surface area contributed by atoms with Gasteiger partial charge in [0.05, 0.1) is 11.3 Å². The van der Waals surface area contributed by atoms with Crippen LogP contribution in [-0.4, -0.2) is 30.1 Å². The minimum Gasteiger partial charge on any atom is -0.478 e. The molecule has 1 heterocycles. The van der Waals surface area contributed by atoms with E-state index < -0.39 is 5.97 Å². The van der Waals surface area contributed by atoms with Crippen molar-refractivity contribution in [1.82, 2.24) is 5.32 Å². The Balaban J connectivity index is 1.74. The van der Waals surface area contributed by atoms with Crippen molar-refractivity contribution in [3.63, 3.8) is 0 Å². The Kier molecular flexibility index (Phi) is 3.63. The zero-order valence-corrected chi connectivity index (χ0v) is 12.2. The molecule has 1 aliphatic heterocycles. The third-order valence-corrected chi connectivity index (χ3v) is 4.81. The van der Waals surface area contributed by atoms with Gasteiger partial charge in [0, 0.05) is 10.9 Å². The molecule has 1 unspecified atom stereocenters. The summed E-state index contributed by atoms with van der Waals surface area (Å²) in [5.74, 6) is -1.18. The molecule has 3 rings (SSSR count). The lowest BCUT2D eigenvalue weighted by Gasteiger charge is -2.23. The molecule has 6 heteroatoms. The quantitative estimate of drug-likeness (QED) is 0.801. The molecular weight excluding hydrogens is 292 g/mol. The Morgan fingerprint density at radius 2 is 2.05 bits per heavy atom. The number of halogens is 1. The van der Waals surface area contributed by atoms with Gasteiger partial charge in [0.15, 0.2) is 0 Å². The van der Waals surface area contributed by atoms with E-state index in [1.165, 1.54) is 18.2 Å². The van der Waals surface area contributed by atoms with E-state index in [1.807, 2.05) is 0 Å². The van der Waals surface area contributed by atoms with Crippen LogP contribution in [0, 0.1) is 11.3 Å². The van der Waals surface area contributed by atoms with Crippen LogP contribution in [0.25, 0.3) is 0 Å². The highest BCUT2D eigenvalue weighted by Crippen LogP contribution is 2.58. The van der Waals surface area contributed by atoms with Crippen LogP contribution >= 0.6 is 11.6 Å². The summed E-state index contributed by atoms with van der Waals surface area (Å²) in [6, 6.07) is 4.40. The van der Waals surface area contributed by atoms with Crippen LogP contribution in [0.1, 0.15) is 29.6 Å². The fraction of sp³-hybridized carbons (Fsp3) is 0.467. The van der Waals surface area contributed by atoms with E-state index in [-0.39, 0.29) is 28.5 Å². The van der Waals surface area contributed by atoms with Crippen molar-refractivity contribution >= 4 is 29.2 Å². The molecule has 1 spiro atoms. The second-order valence-electron chi connectivity index (χ2n) is 5.85. The number of carboxylic acids is 1. The normalized spacial score (nSPS) is 22.8. The van der Waals surface area contributed by atoms with Crippen LogP contribution in [0.4, 0.5) is 5.69 Å². The first-order valence-electron chi connectivity index (χ1n) is 7.06. The number of rotatable bonds is 3. The highest BCUT2D eigenvalue weighted by Gasteiger charge is 2.57. The Morgan fingerprint density at radius 1 is 1.33 bits per heavy atom. The predicted molar refractivity (Wildman–Crippen MR) is 79.7 cm³/mol. The summed E-state index contributed by atoms with van der Waals surface area (Å²) in [5, 5.41) is 15.6. The molecule has 0 radical (unpaired) electrons. The molecule has 0 aromatic heterocycles. The van der Waals surface area contributed by atoms with E-state index >= 15 is 0 Å². The van der Waals surface area contributed by atoms with E-state index in [0.717, 1.165) is 32.4 Å². The molecule has 2 aliphatic rings. The first kappa shape index (κ1) is 14.4. The van der Waals surface area contributed by atoms with Crippen LogP contribution in [0.3, 0.4) is 0 Å². The van der Waals surface area contributed by atoms with Gasteiger partial charge in [0.2, 0.25) is 5.91 Å². The molecule has 1 aliphatic carbocycles. The van der Waals surface area contributed by atoms with Gasteiger partial charge in [0.25, 0.3) is 0 Å². The van der Waals surface area contributed by atoms with Crippen LogP contribution in [-0.2, 0) is 4.79 Å². The Hall–Kier alpha value is -1.59. The average molecular weight is 309 g/mol. The molecule has 1 amide bonds. The minimum absolute atomic E-state index is 0.0137. The maximum Gasteiger partial charge on any atom is 0.337 e. The van der Waals surface area contributed by atoms with Gasteiger partial charge < -0.3 is 15.7 Å². The summed E-state index contributed by atoms with van der Waals surface area (Å²) in [6.45, 7) is 1.89. The number of hydrogen-bond acceptors (Lipinski definition) is 3. The van der Waals surface area contributed by atoms with Crippen molar-refractivity contribution in [1.29, 1.82) is 0 Å². The summed E-state index contributed by atoms with van der Waals surface area (Å²) in [4.78, 5) is 23.6. The Bertz CT molecular complexity index is 597. The van der Waals surface area contributed by atoms with E-state index in [9.17, 15) is 9.59 Å². The zero-order chi connectivity index (χ0) is 15.0. The fourth-order valence-electron chi connectivity index (χ4n) is 3.22. The molecule has 21 heavy (non-hydrogen) atoms. The number of anilines is 1. The number of carbonyl (C=O) groups excluding carboxylic acids is 1.